The number of benzene rings is 1. The van der Waals surface area contributed by atoms with E-state index in [4.69, 9.17) is 34.8 Å². The van der Waals surface area contributed by atoms with Crippen molar-refractivity contribution in [2.24, 2.45) is 16.7 Å². The van der Waals surface area contributed by atoms with Gasteiger partial charge in [-0.15, -0.1) is 0 Å². The maximum absolute atomic E-state index is 12.4. The van der Waals surface area contributed by atoms with Gasteiger partial charge in [-0.3, -0.25) is 4.79 Å². The van der Waals surface area contributed by atoms with Crippen LogP contribution in [0.4, 0.5) is 0 Å². The van der Waals surface area contributed by atoms with Gasteiger partial charge in [0.1, 0.15) is 0 Å². The number of hydrogen-bond acceptors (Lipinski definition) is 5. The van der Waals surface area contributed by atoms with Crippen LogP contribution in [0, 0.1) is 62.1 Å². The van der Waals surface area contributed by atoms with Crippen LogP contribution < -0.4 is 5.32 Å². The van der Waals surface area contributed by atoms with Gasteiger partial charge in [-0.05, 0) is 24.8 Å². The van der Waals surface area contributed by atoms with Crippen LogP contribution in [0.25, 0.3) is 0 Å². The molecule has 2 aliphatic carbocycles. The summed E-state index contributed by atoms with van der Waals surface area (Å²) in [5.74, 6) is -2.58. The topological polar surface area (TPSA) is 124 Å². The number of halogens is 3. The van der Waals surface area contributed by atoms with Crippen LogP contribution in [-0.2, 0) is 4.79 Å². The van der Waals surface area contributed by atoms with E-state index in [1.54, 1.807) is 36.4 Å². The van der Waals surface area contributed by atoms with Gasteiger partial charge in [-0.1, -0.05) is 76.8 Å². The molecule has 0 saturated heterocycles. The predicted molar refractivity (Wildman–Crippen MR) is 114 cm³/mol. The summed E-state index contributed by atoms with van der Waals surface area (Å²) in [5.41, 5.74) is -2.67. The van der Waals surface area contributed by atoms with Gasteiger partial charge in [0.25, 0.3) is 9.70 Å². The molecule has 1 N–H and O–H groups in total. The summed E-state index contributed by atoms with van der Waals surface area (Å²) >= 11 is 17.1. The molecule has 1 saturated carbocycles. The maximum Gasteiger partial charge on any atom is 0.272 e. The van der Waals surface area contributed by atoms with Crippen molar-refractivity contribution in [3.8, 4) is 24.3 Å². The molecule has 0 aromatic heterocycles. The zero-order chi connectivity index (χ0) is 22.9. The van der Waals surface area contributed by atoms with Crippen molar-refractivity contribution >= 4 is 40.7 Å². The standard InChI is InChI=1S/C22H16Cl3N5O/c23-22(24,25)19(31)30-17-8-4-7-15-9-16(14-5-2-1-3-6-14)20(10-26,11-27)21(12-28,13-29)18(15)17/h1-3,5-6,9,16-18H,4,7-8H2,(H,30,31)/t16-,17-,18+/m1/s1. The van der Waals surface area contributed by atoms with Gasteiger partial charge < -0.3 is 5.32 Å². The molecule has 156 valence electrons. The second-order valence-electron chi connectivity index (χ2n) is 7.64. The van der Waals surface area contributed by atoms with E-state index in [0.717, 1.165) is 5.57 Å². The summed E-state index contributed by atoms with van der Waals surface area (Å²) in [4.78, 5) is 12.4. The van der Waals surface area contributed by atoms with E-state index in [2.05, 4.69) is 5.32 Å². The largest absolute Gasteiger partial charge is 0.349 e. The molecule has 0 radical (unpaired) electrons. The molecule has 1 fully saturated rings. The molecule has 0 unspecified atom stereocenters. The highest BCUT2D eigenvalue weighted by Crippen LogP contribution is 2.61. The predicted octanol–water partition coefficient (Wildman–Crippen LogP) is 4.43. The number of allylic oxidation sites excluding steroid dienone is 1. The molecule has 1 amide bonds. The Kier molecular flexibility index (Phi) is 6.23. The molecular formula is C22H16Cl3N5O. The fraction of sp³-hybridized carbons (Fsp3) is 0.409. The van der Waals surface area contributed by atoms with E-state index in [0.29, 0.717) is 24.8 Å². The van der Waals surface area contributed by atoms with E-state index in [1.807, 2.05) is 24.3 Å². The van der Waals surface area contributed by atoms with Gasteiger partial charge in [0.15, 0.2) is 10.8 Å². The number of fused-ring (bicyclic) bond motifs is 1. The third-order valence-corrected chi connectivity index (χ3v) is 6.67. The fourth-order valence-corrected chi connectivity index (χ4v) is 4.96. The first-order chi connectivity index (χ1) is 14.7. The molecule has 0 heterocycles. The van der Waals surface area contributed by atoms with Crippen LogP contribution in [0.2, 0.25) is 0 Å². The number of nitrogens with one attached hydrogen (secondary N) is 1. The Morgan fingerprint density at radius 3 is 2.10 bits per heavy atom. The van der Waals surface area contributed by atoms with Crippen molar-refractivity contribution in [3.05, 3.63) is 47.5 Å². The SMILES string of the molecule is N#CC1(C#N)[C@@H](c2ccccc2)C=C2CCC[C@@H](NC(=O)C(Cl)(Cl)Cl)[C@H]2C1(C#N)C#N. The lowest BCUT2D eigenvalue weighted by atomic mass is 9.46. The molecule has 9 heteroatoms. The van der Waals surface area contributed by atoms with Gasteiger partial charge in [-0.2, -0.15) is 21.0 Å². The zero-order valence-electron chi connectivity index (χ0n) is 16.1. The second-order valence-corrected chi connectivity index (χ2v) is 9.92. The second kappa shape index (κ2) is 8.42. The van der Waals surface area contributed by atoms with Crippen molar-refractivity contribution in [2.45, 2.75) is 35.0 Å². The minimum absolute atomic E-state index is 0.405. The Bertz CT molecular complexity index is 1050. The number of amides is 1. The lowest BCUT2D eigenvalue weighted by molar-refractivity contribution is -0.121. The minimum atomic E-state index is -2.23. The summed E-state index contributed by atoms with van der Waals surface area (Å²) < 4.78 is -2.23. The number of nitrogens with zero attached hydrogens (tertiary/aromatic N) is 4. The number of hydrogen-bond donors (Lipinski definition) is 1. The van der Waals surface area contributed by atoms with Crippen molar-refractivity contribution < 1.29 is 4.79 Å². The Labute approximate surface area is 195 Å². The number of alkyl halides is 3. The van der Waals surface area contributed by atoms with E-state index in [-0.39, 0.29) is 0 Å². The molecule has 0 spiro atoms. The molecular weight excluding hydrogens is 457 g/mol. The summed E-state index contributed by atoms with van der Waals surface area (Å²) in [6.45, 7) is 0. The molecule has 31 heavy (non-hydrogen) atoms. The van der Waals surface area contributed by atoms with Gasteiger partial charge in [-0.25, -0.2) is 0 Å². The van der Waals surface area contributed by atoms with Crippen molar-refractivity contribution in [1.82, 2.24) is 5.32 Å². The van der Waals surface area contributed by atoms with Crippen LogP contribution in [0.3, 0.4) is 0 Å². The quantitative estimate of drug-likeness (QED) is 0.503. The maximum atomic E-state index is 12.4. The van der Waals surface area contributed by atoms with Gasteiger partial charge >= 0.3 is 0 Å². The highest BCUT2D eigenvalue weighted by atomic mass is 35.6. The third-order valence-electron chi connectivity index (χ3n) is 6.16. The van der Waals surface area contributed by atoms with Gasteiger partial charge in [0.05, 0.1) is 24.3 Å². The van der Waals surface area contributed by atoms with Crippen molar-refractivity contribution in [2.75, 3.05) is 0 Å². The Morgan fingerprint density at radius 1 is 1.00 bits per heavy atom. The molecule has 2 aliphatic rings. The van der Waals surface area contributed by atoms with Crippen LogP contribution in [0.15, 0.2) is 42.0 Å². The summed E-state index contributed by atoms with van der Waals surface area (Å²) in [7, 11) is 0. The van der Waals surface area contributed by atoms with Crippen LogP contribution in [0.5, 0.6) is 0 Å². The van der Waals surface area contributed by atoms with Crippen molar-refractivity contribution in [3.63, 3.8) is 0 Å². The Balaban J connectivity index is 2.25. The van der Waals surface area contributed by atoms with Crippen LogP contribution >= 0.6 is 34.8 Å². The molecule has 0 bridgehead atoms. The average Bonchev–Trinajstić information content (AvgIpc) is 2.77. The molecule has 1 aromatic carbocycles. The number of rotatable bonds is 2. The number of nitriles is 4. The van der Waals surface area contributed by atoms with E-state index >= 15 is 0 Å². The number of carbonyl (C=O) groups excluding carboxylic acids is 1. The molecule has 1 aromatic rings. The highest BCUT2D eigenvalue weighted by molar-refractivity contribution is 6.76. The lowest BCUT2D eigenvalue weighted by Gasteiger charge is -2.50. The van der Waals surface area contributed by atoms with Gasteiger partial charge in [0, 0.05) is 17.9 Å². The molecule has 3 rings (SSSR count). The molecule has 3 atom stereocenters. The minimum Gasteiger partial charge on any atom is -0.349 e. The zero-order valence-corrected chi connectivity index (χ0v) is 18.4. The van der Waals surface area contributed by atoms with Crippen LogP contribution in [0.1, 0.15) is 30.7 Å². The first-order valence-corrected chi connectivity index (χ1v) is 10.6. The highest BCUT2D eigenvalue weighted by Gasteiger charge is 2.67. The molecule has 6 nitrogen and oxygen atoms in total. The first kappa shape index (κ1) is 22.9. The van der Waals surface area contributed by atoms with Crippen molar-refractivity contribution in [1.29, 1.82) is 21.0 Å². The first-order valence-electron chi connectivity index (χ1n) is 9.49. The fourth-order valence-electron chi connectivity index (χ4n) is 4.80. The lowest BCUT2D eigenvalue weighted by Crippen LogP contribution is -2.59. The summed E-state index contributed by atoms with van der Waals surface area (Å²) in [6.07, 6.45) is 3.43. The average molecular weight is 473 g/mol. The van der Waals surface area contributed by atoms with Crippen LogP contribution in [-0.4, -0.2) is 15.7 Å². The molecule has 0 aliphatic heterocycles. The van der Waals surface area contributed by atoms with E-state index in [9.17, 15) is 25.8 Å². The summed E-state index contributed by atoms with van der Waals surface area (Å²) in [5, 5.41) is 43.6. The third kappa shape index (κ3) is 3.52. The Hall–Kier alpha value is -2.74. The Morgan fingerprint density at radius 2 is 1.58 bits per heavy atom. The van der Waals surface area contributed by atoms with E-state index < -0.39 is 38.4 Å². The summed E-state index contributed by atoms with van der Waals surface area (Å²) in [6, 6.07) is 16.1. The van der Waals surface area contributed by atoms with Gasteiger partial charge in [0.2, 0.25) is 0 Å². The normalized spacial score (nSPS) is 25.9. The van der Waals surface area contributed by atoms with E-state index in [1.165, 1.54) is 0 Å². The monoisotopic (exact) mass is 471 g/mol. The number of carbonyl (C=O) groups is 1. The smallest absolute Gasteiger partial charge is 0.272 e.